The lowest BCUT2D eigenvalue weighted by Gasteiger charge is -2.35. The number of morpholine rings is 1. The number of piperidine rings is 1. The third-order valence-electron chi connectivity index (χ3n) is 7.61. The predicted molar refractivity (Wildman–Crippen MR) is 139 cm³/mol. The van der Waals surface area contributed by atoms with Crippen LogP contribution in [0.2, 0.25) is 0 Å². The second-order valence-electron chi connectivity index (χ2n) is 10.3. The number of amides is 1. The van der Waals surface area contributed by atoms with Crippen molar-refractivity contribution in [1.82, 2.24) is 19.0 Å². The van der Waals surface area contributed by atoms with Crippen molar-refractivity contribution in [2.24, 2.45) is 0 Å². The van der Waals surface area contributed by atoms with Gasteiger partial charge in [0.2, 0.25) is 15.9 Å². The van der Waals surface area contributed by atoms with Crippen LogP contribution < -0.4 is 0 Å². The van der Waals surface area contributed by atoms with Gasteiger partial charge in [0.1, 0.15) is 6.61 Å². The Labute approximate surface area is 228 Å². The van der Waals surface area contributed by atoms with E-state index in [9.17, 15) is 26.4 Å². The minimum atomic E-state index is -4.81. The second kappa shape index (κ2) is 13.7. The lowest BCUT2D eigenvalue weighted by atomic mass is 10.1. The highest BCUT2D eigenvalue weighted by atomic mass is 32.2. The van der Waals surface area contributed by atoms with E-state index in [1.165, 1.54) is 25.3 Å². The normalized spacial score (nSPS) is 23.1. The van der Waals surface area contributed by atoms with Crippen LogP contribution >= 0.6 is 0 Å². The fourth-order valence-corrected chi connectivity index (χ4v) is 7.22. The number of alkyl halides is 3. The van der Waals surface area contributed by atoms with Gasteiger partial charge in [0.05, 0.1) is 36.3 Å². The van der Waals surface area contributed by atoms with Gasteiger partial charge in [-0.15, -0.1) is 0 Å². The van der Waals surface area contributed by atoms with Gasteiger partial charge in [-0.1, -0.05) is 18.6 Å². The molecule has 3 fully saturated rings. The van der Waals surface area contributed by atoms with Crippen molar-refractivity contribution in [2.45, 2.75) is 42.8 Å². The lowest BCUT2D eigenvalue weighted by molar-refractivity contribution is -0.140. The van der Waals surface area contributed by atoms with Crippen molar-refractivity contribution in [1.29, 1.82) is 0 Å². The van der Waals surface area contributed by atoms with Crippen molar-refractivity contribution in [3.8, 4) is 0 Å². The maximum atomic E-state index is 13.5. The third-order valence-corrected chi connectivity index (χ3v) is 9.62. The Kier molecular flexibility index (Phi) is 10.6. The quantitative estimate of drug-likeness (QED) is 0.446. The van der Waals surface area contributed by atoms with Crippen LogP contribution in [0.4, 0.5) is 13.2 Å². The topological polar surface area (TPSA) is 82.6 Å². The number of benzene rings is 1. The lowest BCUT2D eigenvalue weighted by Crippen LogP contribution is -2.51. The highest BCUT2D eigenvalue weighted by Gasteiger charge is 2.41. The van der Waals surface area contributed by atoms with Gasteiger partial charge in [-0.2, -0.15) is 17.5 Å². The molecule has 3 aliphatic rings. The molecule has 1 aromatic carbocycles. The SMILES string of the molecule is O=C(COC[C@@H]1COCCN1S(=O)(=O)c1ccccc1C(F)(F)F)N1CCCN(CCN2CCCCC2)CC1. The molecule has 4 rings (SSSR count). The molecular weight excluding hydrogens is 537 g/mol. The highest BCUT2D eigenvalue weighted by Crippen LogP contribution is 2.35. The number of ether oxygens (including phenoxy) is 2. The molecule has 1 aromatic rings. The van der Waals surface area contributed by atoms with E-state index >= 15 is 0 Å². The van der Waals surface area contributed by atoms with Crippen LogP contribution in [0.5, 0.6) is 0 Å². The molecule has 1 amide bonds. The summed E-state index contributed by atoms with van der Waals surface area (Å²) in [5.74, 6) is -0.179. The van der Waals surface area contributed by atoms with Gasteiger partial charge in [0, 0.05) is 39.3 Å². The van der Waals surface area contributed by atoms with Gasteiger partial charge in [0.25, 0.3) is 0 Å². The summed E-state index contributed by atoms with van der Waals surface area (Å²) in [4.78, 5) is 18.7. The maximum absolute atomic E-state index is 13.5. The molecule has 3 saturated heterocycles. The van der Waals surface area contributed by atoms with Crippen LogP contribution in [0.1, 0.15) is 31.2 Å². The highest BCUT2D eigenvalue weighted by molar-refractivity contribution is 7.89. The van der Waals surface area contributed by atoms with E-state index < -0.39 is 32.7 Å². The van der Waals surface area contributed by atoms with E-state index in [0.29, 0.717) is 13.1 Å². The first-order chi connectivity index (χ1) is 18.7. The molecule has 0 radical (unpaired) electrons. The Morgan fingerprint density at radius 3 is 2.36 bits per heavy atom. The summed E-state index contributed by atoms with van der Waals surface area (Å²) in [6.45, 7) is 6.86. The van der Waals surface area contributed by atoms with Gasteiger partial charge in [-0.05, 0) is 51.0 Å². The molecule has 0 aliphatic carbocycles. The minimum Gasteiger partial charge on any atom is -0.378 e. The molecule has 0 bridgehead atoms. The van der Waals surface area contributed by atoms with Crippen molar-refractivity contribution >= 4 is 15.9 Å². The smallest absolute Gasteiger partial charge is 0.378 e. The van der Waals surface area contributed by atoms with E-state index in [2.05, 4.69) is 9.80 Å². The van der Waals surface area contributed by atoms with Crippen LogP contribution in [-0.2, 0) is 30.5 Å². The van der Waals surface area contributed by atoms with Crippen LogP contribution in [0.3, 0.4) is 0 Å². The fourth-order valence-electron chi connectivity index (χ4n) is 5.42. The van der Waals surface area contributed by atoms with Crippen LogP contribution in [0, 0.1) is 0 Å². The number of sulfonamides is 1. The number of rotatable bonds is 9. The summed E-state index contributed by atoms with van der Waals surface area (Å²) < 4.78 is 79.1. The predicted octanol–water partition coefficient (Wildman–Crippen LogP) is 2.13. The molecule has 1 atom stereocenters. The van der Waals surface area contributed by atoms with E-state index in [-0.39, 0.29) is 38.9 Å². The van der Waals surface area contributed by atoms with Gasteiger partial charge in [0.15, 0.2) is 0 Å². The minimum absolute atomic E-state index is 0.0305. The average molecular weight is 577 g/mol. The summed E-state index contributed by atoms with van der Waals surface area (Å²) in [6.07, 6.45) is -0.107. The summed E-state index contributed by atoms with van der Waals surface area (Å²) in [5, 5.41) is 0. The Morgan fingerprint density at radius 1 is 0.923 bits per heavy atom. The maximum Gasteiger partial charge on any atom is 0.417 e. The summed E-state index contributed by atoms with van der Waals surface area (Å²) >= 11 is 0. The Bertz CT molecular complexity index is 1050. The number of nitrogens with zero attached hydrogens (tertiary/aromatic N) is 4. The Morgan fingerprint density at radius 2 is 1.62 bits per heavy atom. The molecule has 39 heavy (non-hydrogen) atoms. The standard InChI is InChI=1S/C26H39F3N4O5S/c27-26(28,29)23-7-2-3-8-24(23)39(35,36)33-17-18-37-19-22(33)20-38-21-25(34)32-12-6-11-31(15-16-32)14-13-30-9-4-1-5-10-30/h2-3,7-8,22H,1,4-6,9-21H2/t22-/m0/s1. The van der Waals surface area contributed by atoms with Crippen molar-refractivity contribution < 1.29 is 35.9 Å². The molecule has 0 unspecified atom stereocenters. The van der Waals surface area contributed by atoms with E-state index in [4.69, 9.17) is 9.47 Å². The molecule has 0 spiro atoms. The van der Waals surface area contributed by atoms with Gasteiger partial charge in [-0.3, -0.25) is 4.79 Å². The first-order valence-corrected chi connectivity index (χ1v) is 15.2. The molecule has 0 N–H and O–H groups in total. The number of hydrogen-bond acceptors (Lipinski definition) is 7. The first-order valence-electron chi connectivity index (χ1n) is 13.7. The Balaban J connectivity index is 1.28. The van der Waals surface area contributed by atoms with Crippen molar-refractivity contribution in [3.05, 3.63) is 29.8 Å². The van der Waals surface area contributed by atoms with Crippen molar-refractivity contribution in [2.75, 3.05) is 85.3 Å². The third kappa shape index (κ3) is 8.14. The molecular formula is C26H39F3N4O5S. The monoisotopic (exact) mass is 576 g/mol. The summed E-state index contributed by atoms with van der Waals surface area (Å²) in [6, 6.07) is 3.30. The number of halogens is 3. The molecule has 0 saturated carbocycles. The van der Waals surface area contributed by atoms with Crippen molar-refractivity contribution in [3.63, 3.8) is 0 Å². The van der Waals surface area contributed by atoms with E-state index in [1.807, 2.05) is 0 Å². The molecule has 0 aromatic heterocycles. The summed E-state index contributed by atoms with van der Waals surface area (Å²) in [5.41, 5.74) is -1.21. The van der Waals surface area contributed by atoms with Gasteiger partial charge in [-0.25, -0.2) is 8.42 Å². The second-order valence-corrected chi connectivity index (χ2v) is 12.2. The summed E-state index contributed by atoms with van der Waals surface area (Å²) in [7, 11) is -4.47. The van der Waals surface area contributed by atoms with Gasteiger partial charge >= 0.3 is 6.18 Å². The molecule has 220 valence electrons. The number of likely N-dealkylation sites (tertiary alicyclic amines) is 1. The zero-order valence-corrected chi connectivity index (χ0v) is 23.1. The zero-order valence-electron chi connectivity index (χ0n) is 22.3. The van der Waals surface area contributed by atoms with E-state index in [0.717, 1.165) is 68.2 Å². The zero-order chi connectivity index (χ0) is 27.9. The number of hydrogen-bond donors (Lipinski definition) is 0. The molecule has 3 heterocycles. The molecule has 9 nitrogen and oxygen atoms in total. The average Bonchev–Trinajstić information content (AvgIpc) is 3.18. The molecule has 3 aliphatic heterocycles. The number of carbonyl (C=O) groups is 1. The molecule has 13 heteroatoms. The van der Waals surface area contributed by atoms with Crippen LogP contribution in [0.25, 0.3) is 0 Å². The largest absolute Gasteiger partial charge is 0.417 e. The van der Waals surface area contributed by atoms with E-state index in [1.54, 1.807) is 4.90 Å². The fraction of sp³-hybridized carbons (Fsp3) is 0.731. The Hall–Kier alpha value is -1.77. The van der Waals surface area contributed by atoms with Gasteiger partial charge < -0.3 is 24.2 Å². The van der Waals surface area contributed by atoms with Crippen LogP contribution in [-0.4, -0.2) is 125 Å². The first kappa shape index (κ1) is 30.2. The number of carbonyl (C=O) groups excluding carboxylic acids is 1. The van der Waals surface area contributed by atoms with Crippen LogP contribution in [0.15, 0.2) is 29.2 Å².